The Hall–Kier alpha value is -2.03. The Labute approximate surface area is 95.5 Å². The Bertz CT molecular complexity index is 436. The lowest BCUT2D eigenvalue weighted by molar-refractivity contribution is 0.885. The van der Waals surface area contributed by atoms with Gasteiger partial charge in [0.2, 0.25) is 0 Å². The zero-order valence-corrected chi connectivity index (χ0v) is 9.30. The van der Waals surface area contributed by atoms with Gasteiger partial charge in [-0.25, -0.2) is 0 Å². The first kappa shape index (κ1) is 10.5. The minimum atomic E-state index is 0.787. The van der Waals surface area contributed by atoms with Crippen molar-refractivity contribution in [2.45, 2.75) is 6.54 Å². The molecule has 0 bridgehead atoms. The summed E-state index contributed by atoms with van der Waals surface area (Å²) in [4.78, 5) is 6.44. The molecule has 2 rings (SSSR count). The molecular formula is C13H15N3. The molecule has 82 valence electrons. The summed E-state index contributed by atoms with van der Waals surface area (Å²) in [7, 11) is 2.04. The van der Waals surface area contributed by atoms with Crippen LogP contribution in [0.25, 0.3) is 0 Å². The van der Waals surface area contributed by atoms with E-state index in [-0.39, 0.29) is 0 Å². The first-order valence-corrected chi connectivity index (χ1v) is 5.22. The predicted molar refractivity (Wildman–Crippen MR) is 67.2 cm³/mol. The van der Waals surface area contributed by atoms with Gasteiger partial charge in [0.1, 0.15) is 0 Å². The molecule has 0 amide bonds. The number of pyridine rings is 1. The summed E-state index contributed by atoms with van der Waals surface area (Å²) < 4.78 is 0. The Kier molecular flexibility index (Phi) is 3.05. The molecule has 0 aliphatic heterocycles. The number of anilines is 2. The number of hydrogen-bond donors (Lipinski definition) is 1. The van der Waals surface area contributed by atoms with Crippen molar-refractivity contribution in [1.82, 2.24) is 4.98 Å². The molecule has 0 atom stereocenters. The van der Waals surface area contributed by atoms with Crippen LogP contribution in [0.3, 0.4) is 0 Å². The zero-order chi connectivity index (χ0) is 11.4. The molecule has 0 spiro atoms. The number of nitrogens with two attached hydrogens (primary N) is 1. The summed E-state index contributed by atoms with van der Waals surface area (Å²) in [6.07, 6.45) is 1.81. The standard InChI is InChI=1S/C13H15N3/c1-16(10-12-4-2-3-9-15-12)13-7-5-11(14)6-8-13/h2-9H,10,14H2,1H3. The van der Waals surface area contributed by atoms with Gasteiger partial charge in [0.15, 0.2) is 0 Å². The smallest absolute Gasteiger partial charge is 0.0598 e. The van der Waals surface area contributed by atoms with Gasteiger partial charge >= 0.3 is 0 Å². The van der Waals surface area contributed by atoms with Crippen LogP contribution in [0.4, 0.5) is 11.4 Å². The summed E-state index contributed by atoms with van der Waals surface area (Å²) >= 11 is 0. The molecule has 16 heavy (non-hydrogen) atoms. The van der Waals surface area contributed by atoms with Gasteiger partial charge in [-0.15, -0.1) is 0 Å². The lowest BCUT2D eigenvalue weighted by Crippen LogP contribution is -2.16. The third-order valence-electron chi connectivity index (χ3n) is 2.46. The molecule has 1 aromatic heterocycles. The largest absolute Gasteiger partial charge is 0.399 e. The number of aromatic nitrogens is 1. The quantitative estimate of drug-likeness (QED) is 0.795. The Morgan fingerprint density at radius 2 is 1.88 bits per heavy atom. The normalized spacial score (nSPS) is 10.1. The topological polar surface area (TPSA) is 42.2 Å². The van der Waals surface area contributed by atoms with Crippen LogP contribution in [0.15, 0.2) is 48.7 Å². The zero-order valence-electron chi connectivity index (χ0n) is 9.30. The Balaban J connectivity index is 2.09. The van der Waals surface area contributed by atoms with Gasteiger partial charge < -0.3 is 10.6 Å². The molecule has 2 N–H and O–H groups in total. The molecule has 0 fully saturated rings. The van der Waals surface area contributed by atoms with E-state index < -0.39 is 0 Å². The van der Waals surface area contributed by atoms with Gasteiger partial charge in [-0.05, 0) is 36.4 Å². The van der Waals surface area contributed by atoms with Gasteiger partial charge in [0.25, 0.3) is 0 Å². The van der Waals surface area contributed by atoms with E-state index in [0.717, 1.165) is 23.6 Å². The predicted octanol–water partition coefficient (Wildman–Crippen LogP) is 2.30. The van der Waals surface area contributed by atoms with Crippen LogP contribution >= 0.6 is 0 Å². The van der Waals surface area contributed by atoms with Crippen LogP contribution in [0.5, 0.6) is 0 Å². The van der Waals surface area contributed by atoms with Crippen LogP contribution in [0.2, 0.25) is 0 Å². The molecular weight excluding hydrogens is 198 g/mol. The first-order valence-electron chi connectivity index (χ1n) is 5.22. The third kappa shape index (κ3) is 2.51. The van der Waals surface area contributed by atoms with E-state index in [9.17, 15) is 0 Å². The van der Waals surface area contributed by atoms with Crippen molar-refractivity contribution < 1.29 is 0 Å². The van der Waals surface area contributed by atoms with Crippen molar-refractivity contribution in [3.8, 4) is 0 Å². The van der Waals surface area contributed by atoms with Crippen LogP contribution in [-0.2, 0) is 6.54 Å². The fourth-order valence-corrected chi connectivity index (χ4v) is 1.55. The summed E-state index contributed by atoms with van der Waals surface area (Å²) in [6, 6.07) is 13.8. The SMILES string of the molecule is CN(Cc1ccccn1)c1ccc(N)cc1. The molecule has 0 aliphatic carbocycles. The highest BCUT2D eigenvalue weighted by Crippen LogP contribution is 2.16. The van der Waals surface area contributed by atoms with Gasteiger partial charge in [0, 0.05) is 24.6 Å². The number of nitrogens with zero attached hydrogens (tertiary/aromatic N) is 2. The molecule has 3 nitrogen and oxygen atoms in total. The van der Waals surface area contributed by atoms with E-state index in [1.54, 1.807) is 0 Å². The fraction of sp³-hybridized carbons (Fsp3) is 0.154. The first-order chi connectivity index (χ1) is 7.75. The van der Waals surface area contributed by atoms with Gasteiger partial charge in [-0.3, -0.25) is 4.98 Å². The molecule has 2 aromatic rings. The highest BCUT2D eigenvalue weighted by atomic mass is 15.1. The maximum Gasteiger partial charge on any atom is 0.0598 e. The van der Waals surface area contributed by atoms with Crippen molar-refractivity contribution in [2.24, 2.45) is 0 Å². The highest BCUT2D eigenvalue weighted by molar-refractivity contribution is 5.52. The molecule has 1 aromatic carbocycles. The van der Waals surface area contributed by atoms with Crippen molar-refractivity contribution >= 4 is 11.4 Å². The van der Waals surface area contributed by atoms with E-state index in [4.69, 9.17) is 5.73 Å². The van der Waals surface area contributed by atoms with Gasteiger partial charge in [-0.2, -0.15) is 0 Å². The Morgan fingerprint density at radius 1 is 1.12 bits per heavy atom. The minimum Gasteiger partial charge on any atom is -0.399 e. The summed E-state index contributed by atoms with van der Waals surface area (Å²) in [6.45, 7) is 0.796. The molecule has 0 aliphatic rings. The van der Waals surface area contributed by atoms with E-state index >= 15 is 0 Å². The van der Waals surface area contributed by atoms with Gasteiger partial charge in [0.05, 0.1) is 12.2 Å². The molecule has 3 heteroatoms. The third-order valence-corrected chi connectivity index (χ3v) is 2.46. The lowest BCUT2D eigenvalue weighted by Gasteiger charge is -2.18. The Morgan fingerprint density at radius 3 is 2.50 bits per heavy atom. The summed E-state index contributed by atoms with van der Waals surface area (Å²) in [5.41, 5.74) is 8.63. The molecule has 0 unspecified atom stereocenters. The number of hydrogen-bond acceptors (Lipinski definition) is 3. The second-order valence-corrected chi connectivity index (χ2v) is 3.77. The van der Waals surface area contributed by atoms with Crippen LogP contribution in [0.1, 0.15) is 5.69 Å². The summed E-state index contributed by atoms with van der Waals surface area (Å²) in [5, 5.41) is 0. The number of rotatable bonds is 3. The molecule has 0 saturated heterocycles. The van der Waals surface area contributed by atoms with Crippen LogP contribution in [0, 0.1) is 0 Å². The maximum atomic E-state index is 5.65. The second kappa shape index (κ2) is 4.66. The van der Waals surface area contributed by atoms with Crippen molar-refractivity contribution in [2.75, 3.05) is 17.7 Å². The monoisotopic (exact) mass is 213 g/mol. The lowest BCUT2D eigenvalue weighted by atomic mass is 10.2. The number of benzene rings is 1. The van der Waals surface area contributed by atoms with Crippen molar-refractivity contribution in [3.05, 3.63) is 54.4 Å². The molecule has 1 heterocycles. The fourth-order valence-electron chi connectivity index (χ4n) is 1.55. The average molecular weight is 213 g/mol. The van der Waals surface area contributed by atoms with Crippen molar-refractivity contribution in [1.29, 1.82) is 0 Å². The van der Waals surface area contributed by atoms with E-state index in [0.29, 0.717) is 0 Å². The molecule has 0 saturated carbocycles. The molecule has 0 radical (unpaired) electrons. The van der Waals surface area contributed by atoms with E-state index in [2.05, 4.69) is 9.88 Å². The van der Waals surface area contributed by atoms with Crippen molar-refractivity contribution in [3.63, 3.8) is 0 Å². The van der Waals surface area contributed by atoms with Crippen LogP contribution in [-0.4, -0.2) is 12.0 Å². The van der Waals surface area contributed by atoms with E-state index in [1.165, 1.54) is 0 Å². The second-order valence-electron chi connectivity index (χ2n) is 3.77. The number of nitrogen functional groups attached to an aromatic ring is 1. The minimum absolute atomic E-state index is 0.787. The average Bonchev–Trinajstić information content (AvgIpc) is 2.31. The van der Waals surface area contributed by atoms with Gasteiger partial charge in [-0.1, -0.05) is 6.07 Å². The van der Waals surface area contributed by atoms with Crippen LogP contribution < -0.4 is 10.6 Å². The van der Waals surface area contributed by atoms with E-state index in [1.807, 2.05) is 55.7 Å². The maximum absolute atomic E-state index is 5.65. The highest BCUT2D eigenvalue weighted by Gasteiger charge is 2.01. The summed E-state index contributed by atoms with van der Waals surface area (Å²) in [5.74, 6) is 0.